The minimum absolute atomic E-state index is 0.0525. The standard InChI is InChI=1S/C14H15Br2NO4/c1-8(18)3-4-12(14(20)21-2)17-13(19)9-5-10(15)7-11(16)6-9/h5-7,12H,3-4H2,1-2H3,(H,17,19)/t12-/m0/s1. The van der Waals surface area contributed by atoms with Gasteiger partial charge in [0.15, 0.2) is 0 Å². The Kier molecular flexibility index (Phi) is 7.04. The van der Waals surface area contributed by atoms with Crippen molar-refractivity contribution in [1.29, 1.82) is 0 Å². The Morgan fingerprint density at radius 1 is 1.19 bits per heavy atom. The SMILES string of the molecule is COC(=O)[C@H](CCC(C)=O)NC(=O)c1cc(Br)cc(Br)c1. The number of nitrogens with one attached hydrogen (secondary N) is 1. The summed E-state index contributed by atoms with van der Waals surface area (Å²) in [6.45, 7) is 1.43. The molecule has 114 valence electrons. The van der Waals surface area contributed by atoms with Gasteiger partial charge in [0.25, 0.3) is 5.91 Å². The predicted molar refractivity (Wildman–Crippen MR) is 85.0 cm³/mol. The summed E-state index contributed by atoms with van der Waals surface area (Å²) in [5.41, 5.74) is 0.396. The van der Waals surface area contributed by atoms with Crippen molar-refractivity contribution in [2.75, 3.05) is 7.11 Å². The molecule has 0 spiro atoms. The van der Waals surface area contributed by atoms with Gasteiger partial charge in [-0.05, 0) is 31.5 Å². The van der Waals surface area contributed by atoms with E-state index in [-0.39, 0.29) is 18.6 Å². The van der Waals surface area contributed by atoms with Crippen LogP contribution in [-0.4, -0.2) is 30.8 Å². The summed E-state index contributed by atoms with van der Waals surface area (Å²) in [6, 6.07) is 4.23. The van der Waals surface area contributed by atoms with E-state index in [1.54, 1.807) is 18.2 Å². The summed E-state index contributed by atoms with van der Waals surface area (Å²) in [7, 11) is 1.24. The van der Waals surface area contributed by atoms with Crippen LogP contribution in [0.3, 0.4) is 0 Å². The van der Waals surface area contributed by atoms with Crippen LogP contribution in [0.1, 0.15) is 30.1 Å². The van der Waals surface area contributed by atoms with Crippen LogP contribution >= 0.6 is 31.9 Å². The number of ketones is 1. The molecule has 0 aliphatic rings. The monoisotopic (exact) mass is 419 g/mol. The van der Waals surface area contributed by atoms with E-state index in [9.17, 15) is 14.4 Å². The van der Waals surface area contributed by atoms with Gasteiger partial charge in [0.05, 0.1) is 7.11 Å². The Balaban J connectivity index is 2.83. The smallest absolute Gasteiger partial charge is 0.328 e. The lowest BCUT2D eigenvalue weighted by atomic mass is 10.1. The number of amides is 1. The van der Waals surface area contributed by atoms with Gasteiger partial charge in [0.2, 0.25) is 0 Å². The van der Waals surface area contributed by atoms with Crippen LogP contribution in [0.2, 0.25) is 0 Å². The number of methoxy groups -OCH3 is 1. The molecule has 1 aromatic carbocycles. The molecule has 0 aliphatic heterocycles. The number of hydrogen-bond donors (Lipinski definition) is 1. The lowest BCUT2D eigenvalue weighted by molar-refractivity contribution is -0.143. The van der Waals surface area contributed by atoms with Gasteiger partial charge in [-0.25, -0.2) is 4.79 Å². The predicted octanol–water partition coefficient (Wildman–Crippen LogP) is 2.85. The second-order valence-corrected chi connectivity index (χ2v) is 6.28. The van der Waals surface area contributed by atoms with E-state index in [4.69, 9.17) is 0 Å². The van der Waals surface area contributed by atoms with Crippen molar-refractivity contribution in [2.45, 2.75) is 25.8 Å². The van der Waals surface area contributed by atoms with Crippen LogP contribution in [0.4, 0.5) is 0 Å². The number of Topliss-reactive ketones (excluding diaryl/α,β-unsaturated/α-hetero) is 1. The summed E-state index contributed by atoms with van der Waals surface area (Å²) in [6.07, 6.45) is 0.408. The van der Waals surface area contributed by atoms with Gasteiger partial charge in [0.1, 0.15) is 11.8 Å². The van der Waals surface area contributed by atoms with Crippen LogP contribution in [0.5, 0.6) is 0 Å². The molecule has 0 fully saturated rings. The average molecular weight is 421 g/mol. The third-order valence-electron chi connectivity index (χ3n) is 2.70. The molecular weight excluding hydrogens is 406 g/mol. The maximum atomic E-state index is 12.2. The normalized spacial score (nSPS) is 11.6. The van der Waals surface area contributed by atoms with Crippen molar-refractivity contribution in [2.24, 2.45) is 0 Å². The van der Waals surface area contributed by atoms with E-state index in [2.05, 4.69) is 41.9 Å². The minimum atomic E-state index is -0.843. The lowest BCUT2D eigenvalue weighted by Crippen LogP contribution is -2.41. The van der Waals surface area contributed by atoms with Gasteiger partial charge < -0.3 is 14.8 Å². The summed E-state index contributed by atoms with van der Waals surface area (Å²) in [5.74, 6) is -1.03. The number of carbonyl (C=O) groups excluding carboxylic acids is 3. The quantitative estimate of drug-likeness (QED) is 0.718. The summed E-state index contributed by atoms with van der Waals surface area (Å²) < 4.78 is 6.12. The highest BCUT2D eigenvalue weighted by molar-refractivity contribution is 9.11. The Labute approximate surface area is 139 Å². The van der Waals surface area contributed by atoms with Crippen LogP contribution in [-0.2, 0) is 14.3 Å². The number of esters is 1. The summed E-state index contributed by atoms with van der Waals surface area (Å²) >= 11 is 6.59. The zero-order valence-electron chi connectivity index (χ0n) is 11.6. The highest BCUT2D eigenvalue weighted by Crippen LogP contribution is 2.20. The van der Waals surface area contributed by atoms with Crippen LogP contribution in [0.15, 0.2) is 27.1 Å². The molecule has 0 bridgehead atoms. The molecule has 0 saturated heterocycles. The highest BCUT2D eigenvalue weighted by atomic mass is 79.9. The largest absolute Gasteiger partial charge is 0.467 e. The molecule has 0 saturated carbocycles. The zero-order chi connectivity index (χ0) is 16.0. The Morgan fingerprint density at radius 3 is 2.24 bits per heavy atom. The first-order valence-electron chi connectivity index (χ1n) is 6.17. The Morgan fingerprint density at radius 2 is 1.76 bits per heavy atom. The molecule has 21 heavy (non-hydrogen) atoms. The lowest BCUT2D eigenvalue weighted by Gasteiger charge is -2.16. The number of carbonyl (C=O) groups is 3. The van der Waals surface area contributed by atoms with Gasteiger partial charge in [-0.15, -0.1) is 0 Å². The van der Waals surface area contributed by atoms with Crippen LogP contribution in [0, 0.1) is 0 Å². The summed E-state index contributed by atoms with van der Waals surface area (Å²) in [4.78, 5) is 34.9. The molecule has 0 heterocycles. The number of halogens is 2. The van der Waals surface area contributed by atoms with E-state index in [0.29, 0.717) is 5.56 Å². The Bertz CT molecular complexity index is 540. The molecule has 7 heteroatoms. The molecule has 0 aromatic heterocycles. The maximum Gasteiger partial charge on any atom is 0.328 e. The third kappa shape index (κ3) is 5.97. The highest BCUT2D eigenvalue weighted by Gasteiger charge is 2.22. The first-order valence-corrected chi connectivity index (χ1v) is 7.76. The molecule has 1 aromatic rings. The van der Waals surface area contributed by atoms with Crippen molar-refractivity contribution in [3.63, 3.8) is 0 Å². The van der Waals surface area contributed by atoms with Gasteiger partial charge in [-0.1, -0.05) is 31.9 Å². The minimum Gasteiger partial charge on any atom is -0.467 e. The van der Waals surface area contributed by atoms with Crippen molar-refractivity contribution in [1.82, 2.24) is 5.32 Å². The van der Waals surface area contributed by atoms with Crippen molar-refractivity contribution < 1.29 is 19.1 Å². The Hall–Kier alpha value is -1.21. The molecule has 0 aliphatic carbocycles. The van der Waals surface area contributed by atoms with Gasteiger partial charge >= 0.3 is 5.97 Å². The van der Waals surface area contributed by atoms with Crippen molar-refractivity contribution in [3.05, 3.63) is 32.7 Å². The van der Waals surface area contributed by atoms with Gasteiger partial charge in [-0.2, -0.15) is 0 Å². The fraction of sp³-hybridized carbons (Fsp3) is 0.357. The number of hydrogen-bond acceptors (Lipinski definition) is 4. The second kappa shape index (κ2) is 8.29. The topological polar surface area (TPSA) is 72.5 Å². The number of benzene rings is 1. The average Bonchev–Trinajstić information content (AvgIpc) is 2.40. The van der Waals surface area contributed by atoms with E-state index < -0.39 is 17.9 Å². The van der Waals surface area contributed by atoms with E-state index in [0.717, 1.165) is 8.95 Å². The van der Waals surface area contributed by atoms with Gasteiger partial charge in [-0.3, -0.25) is 4.79 Å². The molecule has 1 N–H and O–H groups in total. The van der Waals surface area contributed by atoms with Crippen molar-refractivity contribution in [3.8, 4) is 0 Å². The molecular formula is C14H15Br2NO4. The first-order chi connectivity index (χ1) is 9.83. The van der Waals surface area contributed by atoms with E-state index >= 15 is 0 Å². The molecule has 1 amide bonds. The number of ether oxygens (including phenoxy) is 1. The van der Waals surface area contributed by atoms with Crippen molar-refractivity contribution >= 4 is 49.5 Å². The first kappa shape index (κ1) is 17.8. The van der Waals surface area contributed by atoms with Crippen LogP contribution < -0.4 is 5.32 Å². The molecule has 0 unspecified atom stereocenters. The molecule has 1 rings (SSSR count). The van der Waals surface area contributed by atoms with Crippen LogP contribution in [0.25, 0.3) is 0 Å². The molecule has 1 atom stereocenters. The van der Waals surface area contributed by atoms with E-state index in [1.807, 2.05) is 0 Å². The summed E-state index contributed by atoms with van der Waals surface area (Å²) in [5, 5.41) is 2.59. The fourth-order valence-corrected chi connectivity index (χ4v) is 2.96. The second-order valence-electron chi connectivity index (χ2n) is 4.45. The molecule has 5 nitrogen and oxygen atoms in total. The number of rotatable bonds is 6. The third-order valence-corrected chi connectivity index (χ3v) is 3.62. The fourth-order valence-electron chi connectivity index (χ4n) is 1.67. The maximum absolute atomic E-state index is 12.2. The van der Waals surface area contributed by atoms with E-state index in [1.165, 1.54) is 14.0 Å². The van der Waals surface area contributed by atoms with Gasteiger partial charge in [0, 0.05) is 20.9 Å². The zero-order valence-corrected chi connectivity index (χ0v) is 14.8. The molecule has 0 radical (unpaired) electrons.